The molecule has 3 rings (SSSR count). The van der Waals surface area contributed by atoms with E-state index in [4.69, 9.17) is 10.5 Å². The Morgan fingerprint density at radius 1 is 1.42 bits per heavy atom. The molecule has 0 spiro atoms. The number of pyridine rings is 1. The fourth-order valence-corrected chi connectivity index (χ4v) is 3.54. The van der Waals surface area contributed by atoms with E-state index >= 15 is 0 Å². The molecule has 2 unspecified atom stereocenters. The predicted octanol–water partition coefficient (Wildman–Crippen LogP) is 2.12. The minimum absolute atomic E-state index is 0.00480. The topological polar surface area (TPSA) is 68.5 Å². The van der Waals surface area contributed by atoms with Crippen molar-refractivity contribution in [1.29, 1.82) is 0 Å². The van der Waals surface area contributed by atoms with E-state index in [1.54, 1.807) is 4.90 Å². The molecule has 2 heterocycles. The maximum Gasteiger partial charge on any atom is 0.433 e. The van der Waals surface area contributed by atoms with Gasteiger partial charge in [0.1, 0.15) is 5.69 Å². The van der Waals surface area contributed by atoms with E-state index in [9.17, 15) is 18.0 Å². The minimum atomic E-state index is -4.55. The van der Waals surface area contributed by atoms with E-state index in [1.165, 1.54) is 7.11 Å². The van der Waals surface area contributed by atoms with Crippen LogP contribution in [0, 0.1) is 5.92 Å². The Hall–Kier alpha value is -1.83. The molecular weight excluding hydrogens is 323 g/mol. The number of nitrogens with zero attached hydrogens (tertiary/aromatic N) is 2. The van der Waals surface area contributed by atoms with Gasteiger partial charge in [-0.05, 0) is 37.3 Å². The summed E-state index contributed by atoms with van der Waals surface area (Å²) in [6, 6.07) is 1.06. The fourth-order valence-electron chi connectivity index (χ4n) is 3.54. The van der Waals surface area contributed by atoms with Crippen LogP contribution in [-0.4, -0.2) is 35.5 Å². The highest BCUT2D eigenvalue weighted by Crippen LogP contribution is 2.35. The van der Waals surface area contributed by atoms with Crippen LogP contribution in [0.5, 0.6) is 5.88 Å². The van der Waals surface area contributed by atoms with Crippen molar-refractivity contribution in [1.82, 2.24) is 9.88 Å². The number of aromatic nitrogens is 1. The molecule has 1 aliphatic carbocycles. The third kappa shape index (κ3) is 3.19. The summed E-state index contributed by atoms with van der Waals surface area (Å²) >= 11 is 0. The molecule has 1 aliphatic heterocycles. The fraction of sp³-hybridized carbons (Fsp3) is 0.625. The molecule has 8 heteroatoms. The first-order valence-electron chi connectivity index (χ1n) is 7.98. The van der Waals surface area contributed by atoms with Gasteiger partial charge in [0.2, 0.25) is 11.8 Å². The molecule has 0 bridgehead atoms. The van der Waals surface area contributed by atoms with Gasteiger partial charge in [-0.25, -0.2) is 4.98 Å². The molecule has 24 heavy (non-hydrogen) atoms. The molecule has 132 valence electrons. The second-order valence-electron chi connectivity index (χ2n) is 6.43. The SMILES string of the molecule is COc1nc(C(F)(F)F)cc2c1CCN(C(=O)C1CCC(N)C1)C2. The van der Waals surface area contributed by atoms with Gasteiger partial charge in [0, 0.05) is 30.6 Å². The van der Waals surface area contributed by atoms with Crippen molar-refractivity contribution in [3.63, 3.8) is 0 Å². The Morgan fingerprint density at radius 3 is 2.75 bits per heavy atom. The largest absolute Gasteiger partial charge is 0.481 e. The van der Waals surface area contributed by atoms with Gasteiger partial charge < -0.3 is 15.4 Å². The van der Waals surface area contributed by atoms with Crippen LogP contribution < -0.4 is 10.5 Å². The number of carbonyl (C=O) groups is 1. The van der Waals surface area contributed by atoms with Crippen LogP contribution in [0.25, 0.3) is 0 Å². The van der Waals surface area contributed by atoms with Crippen molar-refractivity contribution in [2.75, 3.05) is 13.7 Å². The molecule has 0 aromatic carbocycles. The number of nitrogens with two attached hydrogens (primary N) is 1. The number of ether oxygens (including phenoxy) is 1. The second-order valence-corrected chi connectivity index (χ2v) is 6.43. The van der Waals surface area contributed by atoms with E-state index in [-0.39, 0.29) is 30.3 Å². The number of fused-ring (bicyclic) bond motifs is 1. The zero-order valence-corrected chi connectivity index (χ0v) is 13.4. The van der Waals surface area contributed by atoms with Crippen molar-refractivity contribution in [2.45, 2.75) is 44.4 Å². The molecule has 1 aromatic heterocycles. The van der Waals surface area contributed by atoms with Crippen LogP contribution in [0.2, 0.25) is 0 Å². The standard InChI is InChI=1S/C16H20F3N3O2/c1-24-14-12-4-5-22(15(23)9-2-3-11(20)6-9)8-10(12)7-13(21-14)16(17,18)19/h7,9,11H,2-6,8,20H2,1H3. The van der Waals surface area contributed by atoms with Gasteiger partial charge in [-0.2, -0.15) is 13.2 Å². The zero-order valence-electron chi connectivity index (χ0n) is 13.4. The van der Waals surface area contributed by atoms with Gasteiger partial charge in [-0.3, -0.25) is 4.79 Å². The quantitative estimate of drug-likeness (QED) is 0.893. The predicted molar refractivity (Wildman–Crippen MR) is 80.2 cm³/mol. The van der Waals surface area contributed by atoms with Gasteiger partial charge in [-0.15, -0.1) is 0 Å². The average Bonchev–Trinajstić information content (AvgIpc) is 2.98. The summed E-state index contributed by atoms with van der Waals surface area (Å²) in [6.45, 7) is 0.614. The Labute approximate surface area is 138 Å². The lowest BCUT2D eigenvalue weighted by molar-refractivity contribution is -0.141. The Morgan fingerprint density at radius 2 is 2.17 bits per heavy atom. The molecule has 1 fully saturated rings. The van der Waals surface area contributed by atoms with Crippen LogP contribution in [0.4, 0.5) is 13.2 Å². The van der Waals surface area contributed by atoms with Crippen molar-refractivity contribution in [2.24, 2.45) is 11.7 Å². The Bertz CT molecular complexity index is 648. The van der Waals surface area contributed by atoms with E-state index in [0.29, 0.717) is 30.5 Å². The molecule has 1 saturated carbocycles. The highest BCUT2D eigenvalue weighted by atomic mass is 19.4. The molecule has 1 aromatic rings. The number of halogens is 3. The smallest absolute Gasteiger partial charge is 0.433 e. The molecular formula is C16H20F3N3O2. The molecule has 0 radical (unpaired) electrons. The lowest BCUT2D eigenvalue weighted by atomic mass is 9.98. The molecule has 2 atom stereocenters. The summed E-state index contributed by atoms with van der Waals surface area (Å²) in [6.07, 6.45) is -1.90. The molecule has 2 aliphatic rings. The van der Waals surface area contributed by atoms with Crippen LogP contribution in [-0.2, 0) is 23.9 Å². The normalized spacial score (nSPS) is 24.0. The number of hydrogen-bond donors (Lipinski definition) is 1. The second kappa shape index (κ2) is 6.23. The highest BCUT2D eigenvalue weighted by molar-refractivity contribution is 5.79. The molecule has 1 amide bonds. The summed E-state index contributed by atoms with van der Waals surface area (Å²) < 4.78 is 44.0. The van der Waals surface area contributed by atoms with Gasteiger partial charge in [0.25, 0.3) is 0 Å². The van der Waals surface area contributed by atoms with E-state index < -0.39 is 11.9 Å². The first-order valence-corrected chi connectivity index (χ1v) is 7.98. The lowest BCUT2D eigenvalue weighted by Gasteiger charge is -2.31. The van der Waals surface area contributed by atoms with Crippen molar-refractivity contribution < 1.29 is 22.7 Å². The van der Waals surface area contributed by atoms with Gasteiger partial charge in [-0.1, -0.05) is 0 Å². The van der Waals surface area contributed by atoms with E-state index in [2.05, 4.69) is 4.98 Å². The van der Waals surface area contributed by atoms with E-state index in [0.717, 1.165) is 18.9 Å². The van der Waals surface area contributed by atoms with Crippen molar-refractivity contribution >= 4 is 5.91 Å². The van der Waals surface area contributed by atoms with Crippen LogP contribution in [0.3, 0.4) is 0 Å². The number of carbonyl (C=O) groups excluding carboxylic acids is 1. The Balaban J connectivity index is 1.85. The summed E-state index contributed by atoms with van der Waals surface area (Å²) in [7, 11) is 1.31. The monoisotopic (exact) mass is 343 g/mol. The van der Waals surface area contributed by atoms with E-state index in [1.807, 2.05) is 0 Å². The van der Waals surface area contributed by atoms with Crippen molar-refractivity contribution in [3.8, 4) is 5.88 Å². The molecule has 2 N–H and O–H groups in total. The van der Waals surface area contributed by atoms with Crippen molar-refractivity contribution in [3.05, 3.63) is 22.9 Å². The number of alkyl halides is 3. The third-order valence-corrected chi connectivity index (χ3v) is 4.79. The number of hydrogen-bond acceptors (Lipinski definition) is 4. The van der Waals surface area contributed by atoms with Crippen LogP contribution in [0.1, 0.15) is 36.1 Å². The van der Waals surface area contributed by atoms with Crippen LogP contribution >= 0.6 is 0 Å². The number of methoxy groups -OCH3 is 1. The maximum absolute atomic E-state index is 13.0. The molecule has 5 nitrogen and oxygen atoms in total. The van der Waals surface area contributed by atoms with Crippen LogP contribution in [0.15, 0.2) is 6.07 Å². The third-order valence-electron chi connectivity index (χ3n) is 4.79. The average molecular weight is 343 g/mol. The maximum atomic E-state index is 13.0. The number of rotatable bonds is 2. The summed E-state index contributed by atoms with van der Waals surface area (Å²) in [5.41, 5.74) is 5.97. The zero-order chi connectivity index (χ0) is 17.5. The highest BCUT2D eigenvalue weighted by Gasteiger charge is 2.37. The summed E-state index contributed by atoms with van der Waals surface area (Å²) in [5.74, 6) is -0.139. The van der Waals surface area contributed by atoms with Gasteiger partial charge >= 0.3 is 6.18 Å². The summed E-state index contributed by atoms with van der Waals surface area (Å²) in [5, 5.41) is 0. The van der Waals surface area contributed by atoms with Gasteiger partial charge in [0.15, 0.2) is 0 Å². The van der Waals surface area contributed by atoms with Gasteiger partial charge in [0.05, 0.1) is 7.11 Å². The first-order chi connectivity index (χ1) is 11.3. The summed E-state index contributed by atoms with van der Waals surface area (Å²) in [4.78, 5) is 17.8. The number of amides is 1. The lowest BCUT2D eigenvalue weighted by Crippen LogP contribution is -2.40. The Kier molecular flexibility index (Phi) is 4.42. The first kappa shape index (κ1) is 17.0. The minimum Gasteiger partial charge on any atom is -0.481 e. The molecule has 0 saturated heterocycles.